The summed E-state index contributed by atoms with van der Waals surface area (Å²) in [5.41, 5.74) is 4.71. The minimum absolute atomic E-state index is 0.0225. The molecule has 0 spiro atoms. The third-order valence-electron chi connectivity index (χ3n) is 1.50. The van der Waals surface area contributed by atoms with Crippen LogP contribution in [-0.2, 0) is 0 Å². The van der Waals surface area contributed by atoms with Gasteiger partial charge in [0.25, 0.3) is 5.91 Å². The van der Waals surface area contributed by atoms with Gasteiger partial charge in [0.1, 0.15) is 0 Å². The predicted octanol–water partition coefficient (Wildman–Crippen LogP) is -0.0380. The summed E-state index contributed by atoms with van der Waals surface area (Å²) in [6.07, 6.45) is 0. The first kappa shape index (κ1) is 9.34. The van der Waals surface area contributed by atoms with Gasteiger partial charge in [-0.2, -0.15) is 0 Å². The monoisotopic (exact) mass is 182 g/mol. The summed E-state index contributed by atoms with van der Waals surface area (Å²) in [5.74, 6) is -1.24. The summed E-state index contributed by atoms with van der Waals surface area (Å²) in [7, 11) is 1.53. The number of hydrogen-bond donors (Lipinski definition) is 4. The molecule has 1 aromatic carbocycles. The molecule has 5 nitrogen and oxygen atoms in total. The van der Waals surface area contributed by atoms with Crippen LogP contribution >= 0.6 is 0 Å². The van der Waals surface area contributed by atoms with E-state index in [9.17, 15) is 9.90 Å². The topological polar surface area (TPSA) is 81.6 Å². The van der Waals surface area contributed by atoms with Crippen LogP contribution in [0.2, 0.25) is 0 Å². The highest BCUT2D eigenvalue weighted by atomic mass is 16.3. The zero-order valence-corrected chi connectivity index (χ0v) is 7.03. The van der Waals surface area contributed by atoms with Crippen LogP contribution in [-0.4, -0.2) is 23.2 Å². The fraction of sp³-hybridized carbons (Fsp3) is 0.125. The predicted molar refractivity (Wildman–Crippen MR) is 46.3 cm³/mol. The van der Waals surface area contributed by atoms with Crippen LogP contribution in [0.1, 0.15) is 10.4 Å². The highest BCUT2D eigenvalue weighted by Gasteiger charge is 2.12. The molecule has 0 bridgehead atoms. The Labute approximate surface area is 75.0 Å². The second-order valence-corrected chi connectivity index (χ2v) is 2.38. The van der Waals surface area contributed by atoms with Crippen molar-refractivity contribution in [1.29, 1.82) is 0 Å². The molecule has 0 aliphatic rings. The first-order valence-corrected chi connectivity index (χ1v) is 3.65. The lowest BCUT2D eigenvalue weighted by Crippen LogP contribution is -2.34. The molecule has 0 heterocycles. The van der Waals surface area contributed by atoms with E-state index in [0.29, 0.717) is 0 Å². The van der Waals surface area contributed by atoms with Crippen molar-refractivity contribution in [3.63, 3.8) is 0 Å². The summed E-state index contributed by atoms with van der Waals surface area (Å²) in [6.45, 7) is 0. The molecule has 5 heteroatoms. The van der Waals surface area contributed by atoms with Crippen molar-refractivity contribution in [2.75, 3.05) is 7.05 Å². The molecule has 1 aromatic rings. The van der Waals surface area contributed by atoms with Crippen molar-refractivity contribution in [1.82, 2.24) is 10.9 Å². The van der Waals surface area contributed by atoms with E-state index >= 15 is 0 Å². The SMILES string of the molecule is CNNC(=O)c1cccc(O)c1O. The number of rotatable bonds is 2. The maximum absolute atomic E-state index is 11.2. The molecule has 0 radical (unpaired) electrons. The number of aromatic hydroxyl groups is 2. The molecule has 0 unspecified atom stereocenters. The lowest BCUT2D eigenvalue weighted by atomic mass is 10.2. The van der Waals surface area contributed by atoms with Gasteiger partial charge in [-0.25, -0.2) is 5.43 Å². The standard InChI is InChI=1S/C8H10N2O3/c1-9-10-8(13)5-3-2-4-6(11)7(5)12/h2-4,9,11-12H,1H3,(H,10,13). The van der Waals surface area contributed by atoms with Crippen LogP contribution in [0.4, 0.5) is 0 Å². The Morgan fingerprint density at radius 2 is 2.08 bits per heavy atom. The Morgan fingerprint density at radius 3 is 2.69 bits per heavy atom. The quantitative estimate of drug-likeness (QED) is 0.382. The number of carbonyl (C=O) groups is 1. The second kappa shape index (κ2) is 3.77. The summed E-state index contributed by atoms with van der Waals surface area (Å²) in [5, 5.41) is 18.3. The molecule has 13 heavy (non-hydrogen) atoms. The third-order valence-corrected chi connectivity index (χ3v) is 1.50. The molecule has 1 amide bonds. The maximum atomic E-state index is 11.2. The maximum Gasteiger partial charge on any atom is 0.269 e. The Morgan fingerprint density at radius 1 is 1.38 bits per heavy atom. The van der Waals surface area contributed by atoms with Gasteiger partial charge in [0, 0.05) is 7.05 Å². The average molecular weight is 182 g/mol. The molecule has 0 aliphatic heterocycles. The van der Waals surface area contributed by atoms with Crippen molar-refractivity contribution >= 4 is 5.91 Å². The van der Waals surface area contributed by atoms with E-state index in [-0.39, 0.29) is 11.3 Å². The molecular weight excluding hydrogens is 172 g/mol. The van der Waals surface area contributed by atoms with Gasteiger partial charge in [0.2, 0.25) is 0 Å². The first-order valence-electron chi connectivity index (χ1n) is 3.65. The number of amides is 1. The number of carbonyl (C=O) groups excluding carboxylic acids is 1. The number of hydrogen-bond acceptors (Lipinski definition) is 4. The van der Waals surface area contributed by atoms with Gasteiger partial charge in [-0.05, 0) is 12.1 Å². The summed E-state index contributed by atoms with van der Waals surface area (Å²) >= 11 is 0. The number of nitrogens with one attached hydrogen (secondary N) is 2. The fourth-order valence-electron chi connectivity index (χ4n) is 0.895. The van der Waals surface area contributed by atoms with Gasteiger partial charge >= 0.3 is 0 Å². The van der Waals surface area contributed by atoms with Crippen molar-refractivity contribution in [3.05, 3.63) is 23.8 Å². The normalized spacial score (nSPS) is 9.62. The molecule has 70 valence electrons. The zero-order chi connectivity index (χ0) is 9.84. The lowest BCUT2D eigenvalue weighted by Gasteiger charge is -2.05. The van der Waals surface area contributed by atoms with Gasteiger partial charge < -0.3 is 10.2 Å². The molecule has 0 aliphatic carbocycles. The molecule has 0 aromatic heterocycles. The van der Waals surface area contributed by atoms with Gasteiger partial charge in [0.15, 0.2) is 11.5 Å². The Bertz CT molecular complexity index is 325. The number of para-hydroxylation sites is 1. The van der Waals surface area contributed by atoms with Crippen LogP contribution in [0, 0.1) is 0 Å². The molecular formula is C8H10N2O3. The van der Waals surface area contributed by atoms with Gasteiger partial charge in [-0.15, -0.1) is 0 Å². The second-order valence-electron chi connectivity index (χ2n) is 2.38. The number of hydrazine groups is 1. The Balaban J connectivity index is 3.01. The minimum Gasteiger partial charge on any atom is -0.504 e. The Hall–Kier alpha value is -1.75. The van der Waals surface area contributed by atoms with E-state index in [1.54, 1.807) is 0 Å². The summed E-state index contributed by atoms with van der Waals surface area (Å²) in [4.78, 5) is 11.2. The van der Waals surface area contributed by atoms with Crippen molar-refractivity contribution in [3.8, 4) is 11.5 Å². The number of phenolic OH excluding ortho intramolecular Hbond substituents is 2. The van der Waals surface area contributed by atoms with Gasteiger partial charge in [-0.3, -0.25) is 10.2 Å². The Kier molecular flexibility index (Phi) is 2.71. The first-order chi connectivity index (χ1) is 6.16. The molecule has 4 N–H and O–H groups in total. The summed E-state index contributed by atoms with van der Waals surface area (Å²) < 4.78 is 0. The molecule has 1 rings (SSSR count). The number of phenols is 2. The van der Waals surface area contributed by atoms with Crippen molar-refractivity contribution in [2.24, 2.45) is 0 Å². The molecule has 0 saturated carbocycles. The van der Waals surface area contributed by atoms with Crippen LogP contribution in [0.15, 0.2) is 18.2 Å². The number of benzene rings is 1. The highest BCUT2D eigenvalue weighted by molar-refractivity contribution is 5.97. The van der Waals surface area contributed by atoms with E-state index in [0.717, 1.165) is 0 Å². The van der Waals surface area contributed by atoms with E-state index in [1.807, 2.05) is 0 Å². The smallest absolute Gasteiger partial charge is 0.269 e. The largest absolute Gasteiger partial charge is 0.504 e. The average Bonchev–Trinajstić information content (AvgIpc) is 2.10. The van der Waals surface area contributed by atoms with E-state index < -0.39 is 11.7 Å². The zero-order valence-electron chi connectivity index (χ0n) is 7.03. The van der Waals surface area contributed by atoms with Crippen molar-refractivity contribution in [2.45, 2.75) is 0 Å². The van der Waals surface area contributed by atoms with Crippen LogP contribution in [0.25, 0.3) is 0 Å². The minimum atomic E-state index is -0.504. The lowest BCUT2D eigenvalue weighted by molar-refractivity contribution is 0.0934. The molecule has 0 atom stereocenters. The van der Waals surface area contributed by atoms with Crippen LogP contribution in [0.5, 0.6) is 11.5 Å². The third kappa shape index (κ3) is 1.88. The van der Waals surface area contributed by atoms with Crippen LogP contribution < -0.4 is 10.9 Å². The highest BCUT2D eigenvalue weighted by Crippen LogP contribution is 2.27. The van der Waals surface area contributed by atoms with Crippen LogP contribution in [0.3, 0.4) is 0 Å². The van der Waals surface area contributed by atoms with E-state index in [2.05, 4.69) is 10.9 Å². The summed E-state index contributed by atoms with van der Waals surface area (Å²) in [6, 6.07) is 4.17. The van der Waals surface area contributed by atoms with E-state index in [4.69, 9.17) is 5.11 Å². The van der Waals surface area contributed by atoms with Crippen molar-refractivity contribution < 1.29 is 15.0 Å². The molecule has 0 saturated heterocycles. The van der Waals surface area contributed by atoms with Gasteiger partial charge in [-0.1, -0.05) is 6.07 Å². The molecule has 0 fully saturated rings. The fourth-order valence-corrected chi connectivity index (χ4v) is 0.895. The van der Waals surface area contributed by atoms with Gasteiger partial charge in [0.05, 0.1) is 5.56 Å². The van der Waals surface area contributed by atoms with E-state index in [1.165, 1.54) is 25.2 Å².